The van der Waals surface area contributed by atoms with Crippen molar-refractivity contribution in [2.45, 2.75) is 117 Å². The molecule has 172 valence electrons. The molecule has 1 N–H and O–H groups in total. The van der Waals surface area contributed by atoms with Crippen LogP contribution in [0.3, 0.4) is 0 Å². The third-order valence-electron chi connectivity index (χ3n) is 6.47. The van der Waals surface area contributed by atoms with Crippen molar-refractivity contribution in [2.24, 2.45) is 11.8 Å². The van der Waals surface area contributed by atoms with Crippen molar-refractivity contribution in [3.63, 3.8) is 0 Å². The molecule has 0 radical (unpaired) electrons. The smallest absolute Gasteiger partial charge is 0.397 e. The summed E-state index contributed by atoms with van der Waals surface area (Å²) in [5, 5.41) is 10.8. The van der Waals surface area contributed by atoms with E-state index >= 15 is 0 Å². The van der Waals surface area contributed by atoms with E-state index in [0.29, 0.717) is 23.5 Å². The monoisotopic (exact) mass is 424 g/mol. The van der Waals surface area contributed by atoms with Crippen LogP contribution >= 0.6 is 0 Å². The first-order valence-electron chi connectivity index (χ1n) is 11.7. The number of phenols is 1. The zero-order valence-corrected chi connectivity index (χ0v) is 20.1. The van der Waals surface area contributed by atoms with Crippen LogP contribution in [0.1, 0.15) is 111 Å². The van der Waals surface area contributed by atoms with Gasteiger partial charge in [-0.05, 0) is 41.2 Å². The zero-order chi connectivity index (χ0) is 22.7. The van der Waals surface area contributed by atoms with Crippen molar-refractivity contribution in [3.05, 3.63) is 23.3 Å². The lowest BCUT2D eigenvalue weighted by Gasteiger charge is -2.30. The first-order valence-corrected chi connectivity index (χ1v) is 11.7. The Labute approximate surface area is 182 Å². The summed E-state index contributed by atoms with van der Waals surface area (Å²) in [5.41, 5.74) is 0.510. The molecule has 0 aliphatic heterocycles. The lowest BCUT2D eigenvalue weighted by molar-refractivity contribution is -0.183. The minimum absolute atomic E-state index is 0.138. The van der Waals surface area contributed by atoms with Gasteiger partial charge in [0.1, 0.15) is 11.5 Å². The molecular weight excluding hydrogens is 382 g/mol. The van der Waals surface area contributed by atoms with Crippen LogP contribution < -0.4 is 4.74 Å². The predicted octanol–water partition coefficient (Wildman–Crippen LogP) is 8.35. The van der Waals surface area contributed by atoms with Crippen LogP contribution in [-0.2, 0) is 10.8 Å². The Balaban J connectivity index is 2.10. The van der Waals surface area contributed by atoms with E-state index in [1.807, 2.05) is 41.5 Å². The lowest BCUT2D eigenvalue weighted by atomic mass is 9.78. The Morgan fingerprint density at radius 3 is 1.70 bits per heavy atom. The van der Waals surface area contributed by atoms with Crippen molar-refractivity contribution >= 4 is 0 Å². The molecule has 1 aliphatic carbocycles. The minimum atomic E-state index is -3.21. The standard InChI is InChI=1S/C26H42F2O2/c1-8-9-18-10-12-19(13-11-18)14-15-26(27,28)30-20-16-21(24(2,3)4)23(29)22(17-20)25(5,6)7/h16-19,29H,8-15H2,1-7H3. The SMILES string of the molecule is CCCC1CCC(CCC(F)(F)Oc2cc(C(C)(C)C)c(O)c(C(C)(C)C)c2)CC1. The average molecular weight is 425 g/mol. The number of rotatable bonds is 7. The van der Waals surface area contributed by atoms with Gasteiger partial charge in [-0.3, -0.25) is 0 Å². The molecule has 0 atom stereocenters. The Hall–Kier alpha value is -1.32. The molecule has 1 fully saturated rings. The molecule has 1 aliphatic rings. The van der Waals surface area contributed by atoms with Crippen molar-refractivity contribution in [2.75, 3.05) is 0 Å². The summed E-state index contributed by atoms with van der Waals surface area (Å²) in [4.78, 5) is 0. The predicted molar refractivity (Wildman–Crippen MR) is 121 cm³/mol. The van der Waals surface area contributed by atoms with E-state index in [4.69, 9.17) is 4.74 Å². The summed E-state index contributed by atoms with van der Waals surface area (Å²) in [6, 6.07) is 3.16. The lowest BCUT2D eigenvalue weighted by Crippen LogP contribution is -2.27. The molecule has 1 saturated carbocycles. The fourth-order valence-corrected chi connectivity index (χ4v) is 4.62. The van der Waals surface area contributed by atoms with Gasteiger partial charge >= 0.3 is 6.11 Å². The van der Waals surface area contributed by atoms with Crippen molar-refractivity contribution in [1.82, 2.24) is 0 Å². The summed E-state index contributed by atoms with van der Waals surface area (Å²) in [6.07, 6.45) is 3.97. The maximum atomic E-state index is 14.7. The molecule has 0 unspecified atom stereocenters. The van der Waals surface area contributed by atoms with E-state index < -0.39 is 6.11 Å². The van der Waals surface area contributed by atoms with E-state index in [1.165, 1.54) is 25.7 Å². The Morgan fingerprint density at radius 1 is 0.867 bits per heavy atom. The molecular formula is C26H42F2O2. The topological polar surface area (TPSA) is 29.5 Å². The van der Waals surface area contributed by atoms with Gasteiger partial charge in [0.2, 0.25) is 0 Å². The molecule has 2 rings (SSSR count). The van der Waals surface area contributed by atoms with Crippen LogP contribution in [-0.4, -0.2) is 11.2 Å². The molecule has 1 aromatic rings. The van der Waals surface area contributed by atoms with Crippen LogP contribution in [0, 0.1) is 11.8 Å². The third-order valence-corrected chi connectivity index (χ3v) is 6.47. The fourth-order valence-electron chi connectivity index (χ4n) is 4.62. The van der Waals surface area contributed by atoms with Gasteiger partial charge in [0.15, 0.2) is 0 Å². The van der Waals surface area contributed by atoms with E-state index in [0.717, 1.165) is 18.8 Å². The van der Waals surface area contributed by atoms with Crippen LogP contribution in [0.2, 0.25) is 0 Å². The molecule has 0 bridgehead atoms. The second-order valence-electron chi connectivity index (χ2n) is 11.3. The third kappa shape index (κ3) is 6.85. The highest BCUT2D eigenvalue weighted by Gasteiger charge is 2.35. The maximum Gasteiger partial charge on any atom is 0.397 e. The van der Waals surface area contributed by atoms with Gasteiger partial charge < -0.3 is 9.84 Å². The summed E-state index contributed by atoms with van der Waals surface area (Å²) < 4.78 is 34.7. The Kier molecular flexibility index (Phi) is 7.85. The molecule has 0 spiro atoms. The number of benzene rings is 1. The number of hydrogen-bond acceptors (Lipinski definition) is 2. The summed E-state index contributed by atoms with van der Waals surface area (Å²) >= 11 is 0. The second-order valence-corrected chi connectivity index (χ2v) is 11.3. The summed E-state index contributed by atoms with van der Waals surface area (Å²) in [7, 11) is 0. The number of aromatic hydroxyl groups is 1. The van der Waals surface area contributed by atoms with Crippen molar-refractivity contribution in [3.8, 4) is 11.5 Å². The molecule has 0 saturated heterocycles. The molecule has 30 heavy (non-hydrogen) atoms. The van der Waals surface area contributed by atoms with Gasteiger partial charge in [0.25, 0.3) is 0 Å². The quantitative estimate of drug-likeness (QED) is 0.476. The van der Waals surface area contributed by atoms with Gasteiger partial charge in [0, 0.05) is 11.1 Å². The van der Waals surface area contributed by atoms with Crippen LogP contribution in [0.15, 0.2) is 12.1 Å². The largest absolute Gasteiger partial charge is 0.507 e. The van der Waals surface area contributed by atoms with Gasteiger partial charge in [-0.2, -0.15) is 8.78 Å². The van der Waals surface area contributed by atoms with E-state index in [1.54, 1.807) is 12.1 Å². The average Bonchev–Trinajstić information content (AvgIpc) is 2.61. The molecule has 0 heterocycles. The maximum absolute atomic E-state index is 14.7. The van der Waals surface area contributed by atoms with Gasteiger partial charge in [-0.25, -0.2) is 0 Å². The number of alkyl halides is 2. The van der Waals surface area contributed by atoms with Crippen molar-refractivity contribution in [1.29, 1.82) is 0 Å². The van der Waals surface area contributed by atoms with E-state index in [-0.39, 0.29) is 28.7 Å². The highest BCUT2D eigenvalue weighted by atomic mass is 19.3. The molecule has 0 amide bonds. The summed E-state index contributed by atoms with van der Waals surface area (Å²) in [5.74, 6) is 1.48. The minimum Gasteiger partial charge on any atom is -0.507 e. The number of ether oxygens (including phenoxy) is 1. The molecule has 2 nitrogen and oxygen atoms in total. The Morgan fingerprint density at radius 2 is 1.30 bits per heavy atom. The van der Waals surface area contributed by atoms with Gasteiger partial charge in [-0.15, -0.1) is 0 Å². The number of halogens is 2. The van der Waals surface area contributed by atoms with Crippen molar-refractivity contribution < 1.29 is 18.6 Å². The second kappa shape index (κ2) is 9.44. The van der Waals surface area contributed by atoms with Crippen LogP contribution in [0.25, 0.3) is 0 Å². The highest BCUT2D eigenvalue weighted by molar-refractivity contribution is 5.52. The summed E-state index contributed by atoms with van der Waals surface area (Å²) in [6.45, 7) is 14.0. The first-order chi connectivity index (χ1) is 13.7. The number of phenolic OH excluding ortho intramolecular Hbond substituents is 1. The Bertz CT molecular complexity index is 655. The van der Waals surface area contributed by atoms with Gasteiger partial charge in [-0.1, -0.05) is 87.0 Å². The van der Waals surface area contributed by atoms with Gasteiger partial charge in [0.05, 0.1) is 6.42 Å². The first kappa shape index (κ1) is 24.9. The normalized spacial score (nSPS) is 21.0. The van der Waals surface area contributed by atoms with Crippen LogP contribution in [0.5, 0.6) is 11.5 Å². The molecule has 4 heteroatoms. The fraction of sp³-hybridized carbons (Fsp3) is 0.769. The van der Waals surface area contributed by atoms with E-state index in [2.05, 4.69) is 6.92 Å². The van der Waals surface area contributed by atoms with Crippen LogP contribution in [0.4, 0.5) is 8.78 Å². The molecule has 1 aromatic carbocycles. The van der Waals surface area contributed by atoms with E-state index in [9.17, 15) is 13.9 Å². The molecule has 0 aromatic heterocycles. The highest BCUT2D eigenvalue weighted by Crippen LogP contribution is 2.43. The number of hydrogen-bond donors (Lipinski definition) is 1. The zero-order valence-electron chi connectivity index (χ0n) is 20.1.